The number of hydrogen-bond acceptors (Lipinski definition) is 5. The molecule has 0 radical (unpaired) electrons. The number of carbonyl (C=O) groups excluding carboxylic acids is 1. The Morgan fingerprint density at radius 1 is 1.23 bits per heavy atom. The number of piperazine rings is 1. The molecule has 1 aromatic heterocycles. The summed E-state index contributed by atoms with van der Waals surface area (Å²) in [4.78, 5) is 18.4. The number of rotatable bonds is 6. The second-order valence-electron chi connectivity index (χ2n) is 6.03. The molecule has 26 heavy (non-hydrogen) atoms. The van der Waals surface area contributed by atoms with Gasteiger partial charge in [0.1, 0.15) is 11.5 Å². The van der Waals surface area contributed by atoms with Crippen LogP contribution in [-0.4, -0.2) is 55.4 Å². The lowest BCUT2D eigenvalue weighted by molar-refractivity contribution is 0.139. The van der Waals surface area contributed by atoms with E-state index in [9.17, 15) is 4.79 Å². The van der Waals surface area contributed by atoms with E-state index in [0.717, 1.165) is 24.4 Å². The van der Waals surface area contributed by atoms with Crippen molar-refractivity contribution in [2.24, 2.45) is 0 Å². The third-order valence-corrected chi connectivity index (χ3v) is 4.18. The predicted molar refractivity (Wildman–Crippen MR) is 98.3 cm³/mol. The van der Waals surface area contributed by atoms with E-state index in [1.165, 1.54) is 0 Å². The highest BCUT2D eigenvalue weighted by molar-refractivity contribution is 5.74. The highest BCUT2D eigenvalue weighted by Gasteiger charge is 2.21. The molecule has 1 unspecified atom stereocenters. The zero-order chi connectivity index (χ0) is 18.2. The van der Waals surface area contributed by atoms with E-state index in [1.54, 1.807) is 30.5 Å². The topological polar surface area (TPSA) is 75.7 Å². The van der Waals surface area contributed by atoms with E-state index < -0.39 is 6.23 Å². The molecule has 0 spiro atoms. The van der Waals surface area contributed by atoms with Crippen molar-refractivity contribution in [1.29, 1.82) is 0 Å². The van der Waals surface area contributed by atoms with Gasteiger partial charge in [-0.15, -0.1) is 0 Å². The van der Waals surface area contributed by atoms with Gasteiger partial charge < -0.3 is 25.0 Å². The van der Waals surface area contributed by atoms with Crippen molar-refractivity contribution >= 4 is 6.03 Å². The van der Waals surface area contributed by atoms with Crippen LogP contribution < -0.4 is 20.1 Å². The zero-order valence-electron chi connectivity index (χ0n) is 14.9. The molecule has 1 aromatic carbocycles. The average molecular weight is 356 g/mol. The first-order chi connectivity index (χ1) is 12.7. The number of nitrogens with zero attached hydrogens (tertiary/aromatic N) is 2. The summed E-state index contributed by atoms with van der Waals surface area (Å²) in [6.45, 7) is 2.99. The Morgan fingerprint density at radius 2 is 2.00 bits per heavy atom. The van der Waals surface area contributed by atoms with E-state index in [0.29, 0.717) is 25.3 Å². The highest BCUT2D eigenvalue weighted by atomic mass is 16.5. The van der Waals surface area contributed by atoms with E-state index in [2.05, 4.69) is 15.6 Å². The summed E-state index contributed by atoms with van der Waals surface area (Å²) in [5.41, 5.74) is 1.04. The smallest absolute Gasteiger partial charge is 0.320 e. The first-order valence-corrected chi connectivity index (χ1v) is 8.70. The monoisotopic (exact) mass is 356 g/mol. The molecule has 1 fully saturated rings. The van der Waals surface area contributed by atoms with Gasteiger partial charge in [-0.25, -0.2) is 4.79 Å². The number of nitrogens with one attached hydrogen (secondary N) is 2. The SMILES string of the molecule is COc1ccc(CC(NC(=O)N2CCNCC2)Oc2cccnc2)cc1. The summed E-state index contributed by atoms with van der Waals surface area (Å²) in [7, 11) is 1.64. The van der Waals surface area contributed by atoms with Crippen molar-refractivity contribution in [1.82, 2.24) is 20.5 Å². The van der Waals surface area contributed by atoms with Gasteiger partial charge in [-0.2, -0.15) is 0 Å². The third-order valence-electron chi connectivity index (χ3n) is 4.18. The standard InChI is InChI=1S/C19H24N4O3/c1-25-16-6-4-15(5-7-16)13-18(26-17-3-2-8-21-14-17)22-19(24)23-11-9-20-10-12-23/h2-8,14,18,20H,9-13H2,1H3,(H,22,24). The van der Waals surface area contributed by atoms with Gasteiger partial charge in [-0.05, 0) is 29.8 Å². The van der Waals surface area contributed by atoms with Crippen LogP contribution in [0.1, 0.15) is 5.56 Å². The van der Waals surface area contributed by atoms with Gasteiger partial charge in [-0.3, -0.25) is 4.98 Å². The molecule has 1 aliphatic heterocycles. The lowest BCUT2D eigenvalue weighted by atomic mass is 10.1. The van der Waals surface area contributed by atoms with Crippen molar-refractivity contribution in [2.45, 2.75) is 12.6 Å². The van der Waals surface area contributed by atoms with Crippen molar-refractivity contribution < 1.29 is 14.3 Å². The van der Waals surface area contributed by atoms with Gasteiger partial charge >= 0.3 is 6.03 Å². The van der Waals surface area contributed by atoms with Crippen LogP contribution in [0.15, 0.2) is 48.8 Å². The average Bonchev–Trinajstić information content (AvgIpc) is 2.70. The molecule has 0 aliphatic carbocycles. The minimum absolute atomic E-state index is 0.117. The number of aromatic nitrogens is 1. The first kappa shape index (κ1) is 18.0. The van der Waals surface area contributed by atoms with Crippen LogP contribution in [0.5, 0.6) is 11.5 Å². The first-order valence-electron chi connectivity index (χ1n) is 8.70. The van der Waals surface area contributed by atoms with Crippen LogP contribution in [0.2, 0.25) is 0 Å². The Morgan fingerprint density at radius 3 is 2.65 bits per heavy atom. The molecule has 138 valence electrons. The Labute approximate surface area is 153 Å². The fourth-order valence-electron chi connectivity index (χ4n) is 2.78. The maximum atomic E-state index is 12.6. The number of benzene rings is 1. The lowest BCUT2D eigenvalue weighted by Crippen LogP contribution is -2.53. The number of hydrogen-bond donors (Lipinski definition) is 2. The Bertz CT molecular complexity index is 688. The molecule has 2 aromatic rings. The van der Waals surface area contributed by atoms with Gasteiger partial charge in [0.2, 0.25) is 0 Å². The molecule has 1 atom stereocenters. The van der Waals surface area contributed by atoms with Crippen molar-refractivity contribution in [3.05, 3.63) is 54.4 Å². The summed E-state index contributed by atoms with van der Waals surface area (Å²) >= 11 is 0. The molecule has 1 aliphatic rings. The van der Waals surface area contributed by atoms with Gasteiger partial charge in [-0.1, -0.05) is 12.1 Å². The molecule has 0 bridgehead atoms. The normalized spacial score (nSPS) is 15.2. The summed E-state index contributed by atoms with van der Waals surface area (Å²) < 4.78 is 11.2. The zero-order valence-corrected chi connectivity index (χ0v) is 14.9. The fraction of sp³-hybridized carbons (Fsp3) is 0.368. The number of amides is 2. The Hall–Kier alpha value is -2.80. The summed E-state index contributed by atoms with van der Waals surface area (Å²) in [5, 5.41) is 6.23. The summed E-state index contributed by atoms with van der Waals surface area (Å²) in [6, 6.07) is 11.2. The number of pyridine rings is 1. The molecule has 1 saturated heterocycles. The molecule has 2 heterocycles. The molecule has 3 rings (SSSR count). The van der Waals surface area contributed by atoms with Crippen LogP contribution in [0.4, 0.5) is 4.79 Å². The highest BCUT2D eigenvalue weighted by Crippen LogP contribution is 2.15. The molecule has 7 heteroatoms. The molecule has 2 N–H and O–H groups in total. The number of methoxy groups -OCH3 is 1. The van der Waals surface area contributed by atoms with E-state index in [4.69, 9.17) is 9.47 Å². The van der Waals surface area contributed by atoms with E-state index in [1.807, 2.05) is 30.3 Å². The summed E-state index contributed by atoms with van der Waals surface area (Å²) in [5.74, 6) is 1.41. The summed E-state index contributed by atoms with van der Waals surface area (Å²) in [6.07, 6.45) is 3.37. The van der Waals surface area contributed by atoms with Crippen molar-refractivity contribution in [3.63, 3.8) is 0 Å². The van der Waals surface area contributed by atoms with Crippen molar-refractivity contribution in [3.8, 4) is 11.5 Å². The minimum Gasteiger partial charge on any atom is -0.497 e. The molecular weight excluding hydrogens is 332 g/mol. The number of carbonyl (C=O) groups is 1. The number of urea groups is 1. The van der Waals surface area contributed by atoms with E-state index >= 15 is 0 Å². The fourth-order valence-corrected chi connectivity index (χ4v) is 2.78. The Kier molecular flexibility index (Phi) is 6.27. The molecule has 2 amide bonds. The molecule has 0 saturated carbocycles. The van der Waals surface area contributed by atoms with Crippen LogP contribution in [0, 0.1) is 0 Å². The van der Waals surface area contributed by atoms with Crippen LogP contribution >= 0.6 is 0 Å². The number of ether oxygens (including phenoxy) is 2. The second kappa shape index (κ2) is 9.05. The maximum absolute atomic E-state index is 12.6. The lowest BCUT2D eigenvalue weighted by Gasteiger charge is -2.30. The third kappa shape index (κ3) is 5.10. The molecule has 7 nitrogen and oxygen atoms in total. The molecular formula is C19H24N4O3. The second-order valence-corrected chi connectivity index (χ2v) is 6.03. The van der Waals surface area contributed by atoms with Crippen LogP contribution in [-0.2, 0) is 6.42 Å². The van der Waals surface area contributed by atoms with Gasteiger partial charge in [0.25, 0.3) is 0 Å². The predicted octanol–water partition coefficient (Wildman–Crippen LogP) is 1.65. The van der Waals surface area contributed by atoms with Gasteiger partial charge in [0, 0.05) is 38.8 Å². The van der Waals surface area contributed by atoms with Crippen LogP contribution in [0.25, 0.3) is 0 Å². The minimum atomic E-state index is -0.491. The van der Waals surface area contributed by atoms with Crippen molar-refractivity contribution in [2.75, 3.05) is 33.3 Å². The maximum Gasteiger partial charge on any atom is 0.320 e. The Balaban J connectivity index is 1.68. The van der Waals surface area contributed by atoms with Gasteiger partial charge in [0.05, 0.1) is 13.3 Å². The van der Waals surface area contributed by atoms with E-state index in [-0.39, 0.29) is 6.03 Å². The quantitative estimate of drug-likeness (QED) is 0.770. The largest absolute Gasteiger partial charge is 0.497 e. The van der Waals surface area contributed by atoms with Gasteiger partial charge in [0.15, 0.2) is 6.23 Å². The van der Waals surface area contributed by atoms with Crippen LogP contribution in [0.3, 0.4) is 0 Å².